The fraction of sp³-hybridized carbons (Fsp3) is 0.286. The number of rotatable bonds is 5. The van der Waals surface area contributed by atoms with Gasteiger partial charge < -0.3 is 9.84 Å². The van der Waals surface area contributed by atoms with E-state index in [0.29, 0.717) is 12.8 Å². The third kappa shape index (κ3) is 3.31. The molecule has 0 unspecified atom stereocenters. The van der Waals surface area contributed by atoms with E-state index < -0.39 is 11.8 Å². The smallest absolute Gasteiger partial charge is 0.341 e. The number of hydrogen-bond acceptors (Lipinski definition) is 5. The molecule has 0 saturated carbocycles. The lowest BCUT2D eigenvalue weighted by Gasteiger charge is -2.09. The lowest BCUT2D eigenvalue weighted by atomic mass is 10.2. The number of aromatic nitrogens is 3. The van der Waals surface area contributed by atoms with Gasteiger partial charge >= 0.3 is 12.0 Å². The molecular formula is C14H14FN3O3. The first-order chi connectivity index (χ1) is 10.0. The van der Waals surface area contributed by atoms with Crippen molar-refractivity contribution >= 4 is 5.97 Å². The van der Waals surface area contributed by atoms with E-state index in [2.05, 4.69) is 15.2 Å². The first kappa shape index (κ1) is 14.8. The van der Waals surface area contributed by atoms with E-state index in [1.54, 1.807) is 0 Å². The predicted octanol–water partition coefficient (Wildman–Crippen LogP) is 2.63. The summed E-state index contributed by atoms with van der Waals surface area (Å²) in [5.41, 5.74) is 1.30. The van der Waals surface area contributed by atoms with Crippen molar-refractivity contribution in [3.8, 4) is 11.8 Å². The number of aryl methyl sites for hydroxylation is 2. The zero-order valence-corrected chi connectivity index (χ0v) is 11.6. The van der Waals surface area contributed by atoms with Crippen molar-refractivity contribution in [2.24, 2.45) is 0 Å². The molecule has 1 N–H and O–H groups in total. The molecular weight excluding hydrogens is 277 g/mol. The summed E-state index contributed by atoms with van der Waals surface area (Å²) < 4.78 is 18.5. The van der Waals surface area contributed by atoms with Crippen LogP contribution in [0.4, 0.5) is 4.39 Å². The van der Waals surface area contributed by atoms with Gasteiger partial charge in [0.1, 0.15) is 17.1 Å². The van der Waals surface area contributed by atoms with Crippen molar-refractivity contribution in [3.63, 3.8) is 0 Å². The average Bonchev–Trinajstić information content (AvgIpc) is 2.46. The van der Waals surface area contributed by atoms with Gasteiger partial charge in [-0.05, 0) is 25.0 Å². The third-order valence-corrected chi connectivity index (χ3v) is 2.87. The lowest BCUT2D eigenvalue weighted by Crippen LogP contribution is -2.06. The summed E-state index contributed by atoms with van der Waals surface area (Å²) in [6.45, 7) is 3.85. The number of hydrogen-bond donors (Lipinski definition) is 1. The molecule has 21 heavy (non-hydrogen) atoms. The Labute approximate surface area is 120 Å². The highest BCUT2D eigenvalue weighted by Crippen LogP contribution is 2.24. The summed E-state index contributed by atoms with van der Waals surface area (Å²) >= 11 is 0. The molecule has 0 amide bonds. The third-order valence-electron chi connectivity index (χ3n) is 2.87. The largest absolute Gasteiger partial charge is 0.478 e. The first-order valence-corrected chi connectivity index (χ1v) is 6.48. The van der Waals surface area contributed by atoms with Crippen LogP contribution in [0, 0.1) is 5.82 Å². The van der Waals surface area contributed by atoms with E-state index >= 15 is 0 Å². The van der Waals surface area contributed by atoms with Crippen molar-refractivity contribution in [2.75, 3.05) is 0 Å². The fourth-order valence-electron chi connectivity index (χ4n) is 1.82. The van der Waals surface area contributed by atoms with Crippen LogP contribution in [0.2, 0.25) is 0 Å². The van der Waals surface area contributed by atoms with Crippen LogP contribution >= 0.6 is 0 Å². The summed E-state index contributed by atoms with van der Waals surface area (Å²) in [5, 5.41) is 16.8. The molecule has 0 aliphatic carbocycles. The SMILES string of the molecule is CCc1nnc(Oc2cc(F)ccc2C(=O)O)nc1CC. The van der Waals surface area contributed by atoms with Crippen molar-refractivity contribution in [3.05, 3.63) is 41.0 Å². The Balaban J connectivity index is 2.38. The van der Waals surface area contributed by atoms with Crippen LogP contribution in [-0.4, -0.2) is 26.3 Å². The summed E-state index contributed by atoms with van der Waals surface area (Å²) in [6.07, 6.45) is 1.33. The second kappa shape index (κ2) is 6.25. The highest BCUT2D eigenvalue weighted by molar-refractivity contribution is 5.90. The number of carboxylic acids is 1. The van der Waals surface area contributed by atoms with Crippen LogP contribution in [0.15, 0.2) is 18.2 Å². The molecule has 0 atom stereocenters. The van der Waals surface area contributed by atoms with E-state index in [9.17, 15) is 9.18 Å². The number of nitrogens with zero attached hydrogens (tertiary/aromatic N) is 3. The van der Waals surface area contributed by atoms with Gasteiger partial charge in [-0.2, -0.15) is 4.98 Å². The van der Waals surface area contributed by atoms with Crippen molar-refractivity contribution < 1.29 is 19.0 Å². The van der Waals surface area contributed by atoms with Crippen LogP contribution in [-0.2, 0) is 12.8 Å². The minimum absolute atomic E-state index is 0.0999. The number of ether oxygens (including phenoxy) is 1. The average molecular weight is 291 g/mol. The van der Waals surface area contributed by atoms with Gasteiger partial charge in [-0.3, -0.25) is 0 Å². The van der Waals surface area contributed by atoms with Crippen molar-refractivity contribution in [2.45, 2.75) is 26.7 Å². The Morgan fingerprint density at radius 2 is 1.95 bits per heavy atom. The molecule has 1 heterocycles. The Morgan fingerprint density at radius 3 is 2.57 bits per heavy atom. The topological polar surface area (TPSA) is 85.2 Å². The summed E-state index contributed by atoms with van der Waals surface area (Å²) in [7, 11) is 0. The maximum Gasteiger partial charge on any atom is 0.341 e. The summed E-state index contributed by atoms with van der Waals surface area (Å²) in [5.74, 6) is -1.99. The monoisotopic (exact) mass is 291 g/mol. The number of carboxylic acid groups (broad SMARTS) is 1. The van der Waals surface area contributed by atoms with Gasteiger partial charge in [0.05, 0.1) is 11.4 Å². The molecule has 0 radical (unpaired) electrons. The van der Waals surface area contributed by atoms with Gasteiger partial charge in [0.2, 0.25) is 0 Å². The normalized spacial score (nSPS) is 10.4. The summed E-state index contributed by atoms with van der Waals surface area (Å²) in [6, 6.07) is 3.05. The van der Waals surface area contributed by atoms with E-state index in [1.165, 1.54) is 0 Å². The molecule has 0 spiro atoms. The number of halogens is 1. The van der Waals surface area contributed by atoms with Crippen molar-refractivity contribution in [1.29, 1.82) is 0 Å². The quantitative estimate of drug-likeness (QED) is 0.911. The Bertz CT molecular complexity index is 677. The minimum Gasteiger partial charge on any atom is -0.478 e. The molecule has 0 bridgehead atoms. The summed E-state index contributed by atoms with van der Waals surface area (Å²) in [4.78, 5) is 15.3. The second-order valence-corrected chi connectivity index (χ2v) is 4.24. The molecule has 0 saturated heterocycles. The Morgan fingerprint density at radius 1 is 1.24 bits per heavy atom. The molecule has 6 nitrogen and oxygen atoms in total. The number of benzene rings is 1. The van der Waals surface area contributed by atoms with Gasteiger partial charge in [0, 0.05) is 6.07 Å². The van der Waals surface area contributed by atoms with Crippen LogP contribution in [0.5, 0.6) is 11.8 Å². The van der Waals surface area contributed by atoms with Gasteiger partial charge in [0.25, 0.3) is 0 Å². The van der Waals surface area contributed by atoms with Crippen molar-refractivity contribution in [1.82, 2.24) is 15.2 Å². The van der Waals surface area contributed by atoms with Crippen LogP contribution in [0.3, 0.4) is 0 Å². The highest BCUT2D eigenvalue weighted by Gasteiger charge is 2.15. The Kier molecular flexibility index (Phi) is 4.42. The Hall–Kier alpha value is -2.57. The molecule has 0 fully saturated rings. The zero-order valence-electron chi connectivity index (χ0n) is 11.6. The number of carbonyl (C=O) groups is 1. The lowest BCUT2D eigenvalue weighted by molar-refractivity contribution is 0.0694. The van der Waals surface area contributed by atoms with Crippen LogP contribution in [0.25, 0.3) is 0 Å². The fourth-order valence-corrected chi connectivity index (χ4v) is 1.82. The molecule has 1 aromatic carbocycles. The first-order valence-electron chi connectivity index (χ1n) is 6.48. The standard InChI is InChI=1S/C14H14FN3O3/c1-3-10-11(4-2)17-18-14(16-10)21-12-7-8(15)5-6-9(12)13(19)20/h5-7H,3-4H2,1-2H3,(H,19,20). The van der Waals surface area contributed by atoms with E-state index in [-0.39, 0.29) is 17.3 Å². The van der Waals surface area contributed by atoms with Gasteiger partial charge in [-0.1, -0.05) is 18.9 Å². The molecule has 2 rings (SSSR count). The molecule has 0 aliphatic rings. The van der Waals surface area contributed by atoms with Gasteiger partial charge in [-0.15, -0.1) is 5.10 Å². The van der Waals surface area contributed by atoms with Gasteiger partial charge in [0.15, 0.2) is 0 Å². The molecule has 1 aromatic heterocycles. The molecule has 2 aromatic rings. The van der Waals surface area contributed by atoms with E-state index in [1.807, 2.05) is 13.8 Å². The minimum atomic E-state index is -1.22. The predicted molar refractivity (Wildman–Crippen MR) is 72.0 cm³/mol. The molecule has 7 heteroatoms. The molecule has 110 valence electrons. The van der Waals surface area contributed by atoms with Crippen LogP contribution in [0.1, 0.15) is 35.6 Å². The second-order valence-electron chi connectivity index (χ2n) is 4.24. The number of aromatic carboxylic acids is 1. The van der Waals surface area contributed by atoms with E-state index in [4.69, 9.17) is 9.84 Å². The van der Waals surface area contributed by atoms with E-state index in [0.717, 1.165) is 29.6 Å². The zero-order chi connectivity index (χ0) is 15.4. The molecule has 0 aliphatic heterocycles. The highest BCUT2D eigenvalue weighted by atomic mass is 19.1. The maximum absolute atomic E-state index is 13.2. The van der Waals surface area contributed by atoms with Gasteiger partial charge in [-0.25, -0.2) is 9.18 Å². The van der Waals surface area contributed by atoms with Crippen LogP contribution < -0.4 is 4.74 Å². The maximum atomic E-state index is 13.2.